The van der Waals surface area contributed by atoms with Gasteiger partial charge in [-0.1, -0.05) is 77.1 Å². The first-order valence-corrected chi connectivity index (χ1v) is 12.5. The zero-order valence-electron chi connectivity index (χ0n) is 21.2. The fraction of sp³-hybridized carbons (Fsp3) is 0.577. The maximum Gasteiger partial charge on any atom is 0.245 e. The molecule has 0 aliphatic carbocycles. The summed E-state index contributed by atoms with van der Waals surface area (Å²) in [7, 11) is 1.59. The molecule has 0 saturated carbocycles. The van der Waals surface area contributed by atoms with Crippen molar-refractivity contribution in [3.05, 3.63) is 41.0 Å². The van der Waals surface area contributed by atoms with Crippen LogP contribution in [0.2, 0.25) is 5.02 Å². The van der Waals surface area contributed by atoms with Gasteiger partial charge >= 0.3 is 0 Å². The molecule has 1 aromatic heterocycles. The molecule has 2 amide bonds. The van der Waals surface area contributed by atoms with E-state index in [1.165, 1.54) is 6.42 Å². The van der Waals surface area contributed by atoms with E-state index in [0.717, 1.165) is 31.4 Å². The van der Waals surface area contributed by atoms with E-state index in [1.807, 2.05) is 24.3 Å². The van der Waals surface area contributed by atoms with Gasteiger partial charge in [-0.2, -0.15) is 5.10 Å². The largest absolute Gasteiger partial charge is 0.383 e. The summed E-state index contributed by atoms with van der Waals surface area (Å²) in [5.74, 6) is 0.199. The van der Waals surface area contributed by atoms with Crippen molar-refractivity contribution in [3.63, 3.8) is 0 Å². The molecule has 34 heavy (non-hydrogen) atoms. The molecule has 1 heterocycles. The van der Waals surface area contributed by atoms with Gasteiger partial charge in [0.2, 0.25) is 11.8 Å². The Balaban J connectivity index is 2.16. The van der Waals surface area contributed by atoms with E-state index in [4.69, 9.17) is 21.4 Å². The summed E-state index contributed by atoms with van der Waals surface area (Å²) in [5, 5.41) is 8.18. The minimum atomic E-state index is -0.288. The molecule has 1 aromatic carbocycles. The van der Waals surface area contributed by atoms with Crippen LogP contribution in [0.3, 0.4) is 0 Å². The minimum Gasteiger partial charge on any atom is -0.383 e. The number of methoxy groups -OCH3 is 1. The van der Waals surface area contributed by atoms with Crippen molar-refractivity contribution in [2.45, 2.75) is 71.6 Å². The highest BCUT2D eigenvalue weighted by atomic mass is 35.5. The van der Waals surface area contributed by atoms with Gasteiger partial charge in [-0.3, -0.25) is 9.59 Å². The summed E-state index contributed by atoms with van der Waals surface area (Å²) in [6.07, 6.45) is 5.76. The van der Waals surface area contributed by atoms with E-state index in [-0.39, 0.29) is 23.8 Å². The fourth-order valence-electron chi connectivity index (χ4n) is 3.53. The lowest BCUT2D eigenvalue weighted by Crippen LogP contribution is -2.40. The van der Waals surface area contributed by atoms with Crippen LogP contribution in [-0.2, 0) is 19.7 Å². The average Bonchev–Trinajstić information content (AvgIpc) is 3.20. The third kappa shape index (κ3) is 8.44. The van der Waals surface area contributed by atoms with Crippen molar-refractivity contribution in [1.82, 2.24) is 14.7 Å². The zero-order chi connectivity index (χ0) is 25.1. The van der Waals surface area contributed by atoms with Crippen LogP contribution in [0.1, 0.15) is 71.9 Å². The van der Waals surface area contributed by atoms with Gasteiger partial charge in [-0.05, 0) is 18.6 Å². The number of carbonyl (C=O) groups excluding carboxylic acids is 2. The van der Waals surface area contributed by atoms with Crippen molar-refractivity contribution in [2.24, 2.45) is 0 Å². The number of ether oxygens (including phenoxy) is 1. The highest BCUT2D eigenvalue weighted by molar-refractivity contribution is 6.32. The molecule has 2 aromatic rings. The van der Waals surface area contributed by atoms with Gasteiger partial charge in [0, 0.05) is 31.6 Å². The second-order valence-electron chi connectivity index (χ2n) is 9.55. The number of para-hydroxylation sites is 1. The summed E-state index contributed by atoms with van der Waals surface area (Å²) >= 11 is 6.41. The molecule has 0 atom stereocenters. The fourth-order valence-corrected chi connectivity index (χ4v) is 3.75. The van der Waals surface area contributed by atoms with Crippen molar-refractivity contribution in [3.8, 4) is 5.69 Å². The zero-order valence-corrected chi connectivity index (χ0v) is 22.0. The number of aromatic nitrogens is 2. The number of nitrogens with zero attached hydrogens (tertiary/aromatic N) is 3. The number of unbranched alkanes of at least 4 members (excludes halogenated alkanes) is 4. The molecule has 2 rings (SSSR count). The van der Waals surface area contributed by atoms with Gasteiger partial charge in [0.15, 0.2) is 0 Å². The smallest absolute Gasteiger partial charge is 0.245 e. The maximum atomic E-state index is 13.0. The molecule has 0 bridgehead atoms. The molecular weight excluding hydrogens is 452 g/mol. The topological polar surface area (TPSA) is 76.5 Å². The van der Waals surface area contributed by atoms with E-state index < -0.39 is 0 Å². The summed E-state index contributed by atoms with van der Waals surface area (Å²) in [6, 6.07) is 9.21. The number of nitrogens with one attached hydrogen (secondary N) is 1. The molecule has 0 saturated heterocycles. The number of hydrogen-bond donors (Lipinski definition) is 1. The highest BCUT2D eigenvalue weighted by Gasteiger charge is 2.23. The molecule has 0 radical (unpaired) electrons. The second-order valence-corrected chi connectivity index (χ2v) is 9.96. The lowest BCUT2D eigenvalue weighted by atomic mass is 9.92. The van der Waals surface area contributed by atoms with Crippen molar-refractivity contribution >= 4 is 29.2 Å². The Morgan fingerprint density at radius 3 is 2.50 bits per heavy atom. The second kappa shape index (κ2) is 13.5. The monoisotopic (exact) mass is 490 g/mol. The number of carbonyl (C=O) groups is 2. The Morgan fingerprint density at radius 1 is 1.15 bits per heavy atom. The molecule has 0 aliphatic heterocycles. The first-order chi connectivity index (χ1) is 16.2. The Kier molecular flexibility index (Phi) is 11.1. The molecule has 7 nitrogen and oxygen atoms in total. The van der Waals surface area contributed by atoms with Gasteiger partial charge in [0.05, 0.1) is 29.6 Å². The van der Waals surface area contributed by atoms with Crippen LogP contribution in [0.15, 0.2) is 30.3 Å². The molecule has 1 N–H and O–H groups in total. The number of benzene rings is 1. The number of anilines is 1. The first-order valence-electron chi connectivity index (χ1n) is 12.1. The molecule has 0 spiro atoms. The third-order valence-corrected chi connectivity index (χ3v) is 5.89. The van der Waals surface area contributed by atoms with E-state index in [0.29, 0.717) is 36.1 Å². The van der Waals surface area contributed by atoms with Crippen LogP contribution in [0.4, 0.5) is 5.82 Å². The van der Waals surface area contributed by atoms with Crippen LogP contribution in [-0.4, -0.2) is 53.3 Å². The molecule has 8 heteroatoms. The SMILES string of the molecule is CCCCCCCC(=O)N(CCOC)CC(=O)Nc1cc(C(C)(C)C)nn1-c1ccccc1Cl. The van der Waals surface area contributed by atoms with Crippen molar-refractivity contribution in [2.75, 3.05) is 32.1 Å². The summed E-state index contributed by atoms with van der Waals surface area (Å²) in [6.45, 7) is 9.04. The highest BCUT2D eigenvalue weighted by Crippen LogP contribution is 2.29. The number of rotatable bonds is 13. The predicted molar refractivity (Wildman–Crippen MR) is 138 cm³/mol. The van der Waals surface area contributed by atoms with Crippen LogP contribution >= 0.6 is 11.6 Å². The van der Waals surface area contributed by atoms with E-state index in [2.05, 4.69) is 33.0 Å². The van der Waals surface area contributed by atoms with Crippen LogP contribution in [0.25, 0.3) is 5.69 Å². The predicted octanol–water partition coefficient (Wildman–Crippen LogP) is 5.60. The molecule has 188 valence electrons. The van der Waals surface area contributed by atoms with Gasteiger partial charge in [-0.15, -0.1) is 0 Å². The minimum absolute atomic E-state index is 0.0290. The molecule has 0 unspecified atom stereocenters. The van der Waals surface area contributed by atoms with Gasteiger partial charge in [-0.25, -0.2) is 4.68 Å². The average molecular weight is 491 g/mol. The number of amides is 2. The molecule has 0 fully saturated rings. The van der Waals surface area contributed by atoms with Crippen molar-refractivity contribution < 1.29 is 14.3 Å². The van der Waals surface area contributed by atoms with Gasteiger partial charge in [0.1, 0.15) is 5.82 Å². The van der Waals surface area contributed by atoms with Gasteiger partial charge < -0.3 is 15.0 Å². The Bertz CT molecular complexity index is 936. The number of halogens is 1. The maximum absolute atomic E-state index is 13.0. The molecule has 0 aliphatic rings. The van der Waals surface area contributed by atoms with E-state index >= 15 is 0 Å². The lowest BCUT2D eigenvalue weighted by Gasteiger charge is -2.22. The van der Waals surface area contributed by atoms with Crippen LogP contribution < -0.4 is 5.32 Å². The van der Waals surface area contributed by atoms with Crippen molar-refractivity contribution in [1.29, 1.82) is 0 Å². The summed E-state index contributed by atoms with van der Waals surface area (Å²) in [5.41, 5.74) is 1.28. The summed E-state index contributed by atoms with van der Waals surface area (Å²) in [4.78, 5) is 27.4. The third-order valence-electron chi connectivity index (χ3n) is 5.57. The standard InChI is InChI=1S/C26H39ClN4O3/c1-6-7-8-9-10-15-25(33)30(16-17-34-5)19-24(32)28-23-18-22(26(2,3)4)29-31(23)21-14-12-11-13-20(21)27/h11-14,18H,6-10,15-17,19H2,1-5H3,(H,28,32). The van der Waals surface area contributed by atoms with Gasteiger partial charge in [0.25, 0.3) is 0 Å². The number of hydrogen-bond acceptors (Lipinski definition) is 4. The summed E-state index contributed by atoms with van der Waals surface area (Å²) < 4.78 is 6.81. The Labute approximate surface area is 208 Å². The molecular formula is C26H39ClN4O3. The Hall–Kier alpha value is -2.38. The van der Waals surface area contributed by atoms with Crippen LogP contribution in [0.5, 0.6) is 0 Å². The first kappa shape index (κ1) is 27.9. The van der Waals surface area contributed by atoms with E-state index in [9.17, 15) is 9.59 Å². The quantitative estimate of drug-likeness (QED) is 0.371. The Morgan fingerprint density at radius 2 is 1.85 bits per heavy atom. The normalized spacial score (nSPS) is 11.5. The lowest BCUT2D eigenvalue weighted by molar-refractivity contribution is -0.135. The van der Waals surface area contributed by atoms with Crippen LogP contribution in [0, 0.1) is 0 Å². The van der Waals surface area contributed by atoms with E-state index in [1.54, 1.807) is 22.8 Å².